The Balaban J connectivity index is 0.00000256. The van der Waals surface area contributed by atoms with E-state index in [9.17, 15) is 4.79 Å². The molecule has 6 nitrogen and oxygen atoms in total. The van der Waals surface area contributed by atoms with Crippen molar-refractivity contribution in [1.29, 1.82) is 0 Å². The van der Waals surface area contributed by atoms with Crippen molar-refractivity contribution in [3.63, 3.8) is 0 Å². The summed E-state index contributed by atoms with van der Waals surface area (Å²) in [5.41, 5.74) is 0.567. The number of ether oxygens (including phenoxy) is 1. The van der Waals surface area contributed by atoms with Gasteiger partial charge in [0.05, 0.1) is 6.61 Å². The molecule has 0 aromatic carbocycles. The Bertz CT molecular complexity index is 330. The Hall–Kier alpha value is -1.11. The van der Waals surface area contributed by atoms with Crippen LogP contribution in [0.15, 0.2) is 12.3 Å². The van der Waals surface area contributed by atoms with Crippen molar-refractivity contribution in [2.75, 3.05) is 33.4 Å². The first kappa shape index (κ1) is 15.9. The van der Waals surface area contributed by atoms with Gasteiger partial charge in [-0.2, -0.15) is 5.10 Å². The summed E-state index contributed by atoms with van der Waals surface area (Å²) in [4.78, 5) is 11.6. The van der Waals surface area contributed by atoms with Gasteiger partial charge < -0.3 is 15.4 Å². The van der Waals surface area contributed by atoms with E-state index in [1.807, 2.05) is 0 Å². The standard InChI is InChI=1S/C10H18N4O2.ClH/c1-14-9(3-4-13-14)10(15)12-6-5-11-7-8-16-2;/h3-4,11H,5-8H2,1-2H3,(H,12,15);1H. The Morgan fingerprint density at radius 3 is 2.82 bits per heavy atom. The summed E-state index contributed by atoms with van der Waals surface area (Å²) in [7, 11) is 3.40. The highest BCUT2D eigenvalue weighted by atomic mass is 35.5. The van der Waals surface area contributed by atoms with E-state index in [1.54, 1.807) is 31.1 Å². The number of nitrogens with zero attached hydrogens (tertiary/aromatic N) is 2. The highest BCUT2D eigenvalue weighted by Crippen LogP contribution is 1.94. The lowest BCUT2D eigenvalue weighted by Gasteiger charge is -2.06. The van der Waals surface area contributed by atoms with Crippen LogP contribution >= 0.6 is 12.4 Å². The van der Waals surface area contributed by atoms with E-state index in [1.165, 1.54) is 0 Å². The van der Waals surface area contributed by atoms with Crippen LogP contribution in [0.5, 0.6) is 0 Å². The first-order valence-electron chi connectivity index (χ1n) is 5.21. The number of carbonyl (C=O) groups is 1. The van der Waals surface area contributed by atoms with Crippen LogP contribution in [-0.2, 0) is 11.8 Å². The van der Waals surface area contributed by atoms with Gasteiger partial charge in [0, 0.05) is 40.0 Å². The number of aromatic nitrogens is 2. The lowest BCUT2D eigenvalue weighted by atomic mass is 10.4. The Kier molecular flexibility index (Phi) is 8.39. The van der Waals surface area contributed by atoms with Crippen LogP contribution in [0, 0.1) is 0 Å². The summed E-state index contributed by atoms with van der Waals surface area (Å²) >= 11 is 0. The van der Waals surface area contributed by atoms with Crippen LogP contribution in [0.25, 0.3) is 0 Å². The molecule has 7 heteroatoms. The Morgan fingerprint density at radius 2 is 2.24 bits per heavy atom. The van der Waals surface area contributed by atoms with E-state index in [0.29, 0.717) is 18.8 Å². The zero-order valence-corrected chi connectivity index (χ0v) is 10.9. The average Bonchev–Trinajstić information content (AvgIpc) is 2.69. The Morgan fingerprint density at radius 1 is 1.47 bits per heavy atom. The van der Waals surface area contributed by atoms with Crippen molar-refractivity contribution in [3.8, 4) is 0 Å². The van der Waals surface area contributed by atoms with Gasteiger partial charge in [-0.1, -0.05) is 0 Å². The van der Waals surface area contributed by atoms with Crippen molar-refractivity contribution < 1.29 is 9.53 Å². The fourth-order valence-electron chi connectivity index (χ4n) is 1.25. The molecule has 17 heavy (non-hydrogen) atoms. The fourth-order valence-corrected chi connectivity index (χ4v) is 1.25. The molecule has 1 aromatic rings. The fraction of sp³-hybridized carbons (Fsp3) is 0.600. The van der Waals surface area contributed by atoms with Gasteiger partial charge in [-0.15, -0.1) is 12.4 Å². The summed E-state index contributed by atoms with van der Waals surface area (Å²) in [6.45, 7) is 2.79. The molecule has 0 atom stereocenters. The number of rotatable bonds is 7. The number of hydrogen-bond acceptors (Lipinski definition) is 4. The van der Waals surface area contributed by atoms with Gasteiger partial charge in [0.15, 0.2) is 0 Å². The normalized spacial score (nSPS) is 9.76. The van der Waals surface area contributed by atoms with Gasteiger partial charge >= 0.3 is 0 Å². The van der Waals surface area contributed by atoms with Crippen LogP contribution in [0.1, 0.15) is 10.5 Å². The minimum atomic E-state index is -0.103. The van der Waals surface area contributed by atoms with Gasteiger partial charge in [-0.05, 0) is 6.07 Å². The molecule has 0 fully saturated rings. The molecular weight excluding hydrogens is 244 g/mol. The van der Waals surface area contributed by atoms with Gasteiger partial charge in [0.1, 0.15) is 5.69 Å². The predicted octanol–water partition coefficient (Wildman–Crippen LogP) is -0.192. The van der Waals surface area contributed by atoms with Crippen LogP contribution in [0.3, 0.4) is 0 Å². The molecule has 1 heterocycles. The molecule has 1 amide bonds. The lowest BCUT2D eigenvalue weighted by molar-refractivity contribution is 0.0944. The minimum Gasteiger partial charge on any atom is -0.383 e. The predicted molar refractivity (Wildman–Crippen MR) is 67.5 cm³/mol. The van der Waals surface area contributed by atoms with Crippen molar-refractivity contribution in [2.24, 2.45) is 7.05 Å². The quantitative estimate of drug-likeness (QED) is 0.669. The summed E-state index contributed by atoms with van der Waals surface area (Å²) in [6, 6.07) is 1.69. The zero-order valence-electron chi connectivity index (χ0n) is 10.1. The number of halogens is 1. The molecule has 0 aliphatic rings. The Labute approximate surface area is 107 Å². The summed E-state index contributed by atoms with van der Waals surface area (Å²) in [6.07, 6.45) is 1.60. The first-order chi connectivity index (χ1) is 7.75. The van der Waals surface area contributed by atoms with Crippen LogP contribution in [0.2, 0.25) is 0 Å². The third-order valence-electron chi connectivity index (χ3n) is 2.12. The summed E-state index contributed by atoms with van der Waals surface area (Å²) in [5, 5.41) is 9.87. The van der Waals surface area contributed by atoms with E-state index in [-0.39, 0.29) is 18.3 Å². The van der Waals surface area contributed by atoms with Gasteiger partial charge in [0.2, 0.25) is 0 Å². The van der Waals surface area contributed by atoms with Crippen molar-refractivity contribution in [1.82, 2.24) is 20.4 Å². The highest BCUT2D eigenvalue weighted by Gasteiger charge is 2.07. The molecule has 0 aliphatic heterocycles. The van der Waals surface area contributed by atoms with Crippen molar-refractivity contribution >= 4 is 18.3 Å². The molecule has 2 N–H and O–H groups in total. The molecule has 1 aromatic heterocycles. The lowest BCUT2D eigenvalue weighted by Crippen LogP contribution is -2.33. The molecule has 98 valence electrons. The molecule has 1 rings (SSSR count). The maximum Gasteiger partial charge on any atom is 0.269 e. The van der Waals surface area contributed by atoms with Crippen LogP contribution in [-0.4, -0.2) is 49.0 Å². The second kappa shape index (κ2) is 8.98. The smallest absolute Gasteiger partial charge is 0.269 e. The molecule has 0 saturated carbocycles. The van der Waals surface area contributed by atoms with Gasteiger partial charge in [-0.3, -0.25) is 9.48 Å². The molecule has 0 unspecified atom stereocenters. The minimum absolute atomic E-state index is 0. The van der Waals surface area contributed by atoms with Crippen LogP contribution < -0.4 is 10.6 Å². The zero-order chi connectivity index (χ0) is 11.8. The number of amides is 1. The molecule has 0 saturated heterocycles. The number of carbonyl (C=O) groups excluding carboxylic acids is 1. The van der Waals surface area contributed by atoms with E-state index >= 15 is 0 Å². The number of aryl methyl sites for hydroxylation is 1. The topological polar surface area (TPSA) is 68.2 Å². The van der Waals surface area contributed by atoms with E-state index in [4.69, 9.17) is 4.74 Å². The largest absolute Gasteiger partial charge is 0.383 e. The van der Waals surface area contributed by atoms with E-state index in [2.05, 4.69) is 15.7 Å². The first-order valence-corrected chi connectivity index (χ1v) is 5.21. The molecule has 0 radical (unpaired) electrons. The maximum atomic E-state index is 11.6. The monoisotopic (exact) mass is 262 g/mol. The van der Waals surface area contributed by atoms with E-state index < -0.39 is 0 Å². The second-order valence-electron chi connectivity index (χ2n) is 3.34. The summed E-state index contributed by atoms with van der Waals surface area (Å²) in [5.74, 6) is -0.103. The van der Waals surface area contributed by atoms with Crippen LogP contribution in [0.4, 0.5) is 0 Å². The third kappa shape index (κ3) is 5.67. The molecular formula is C10H19ClN4O2. The summed E-state index contributed by atoms with van der Waals surface area (Å²) < 4.78 is 6.43. The maximum absolute atomic E-state index is 11.6. The molecule has 0 spiro atoms. The van der Waals surface area contributed by atoms with Gasteiger partial charge in [0.25, 0.3) is 5.91 Å². The van der Waals surface area contributed by atoms with Crippen molar-refractivity contribution in [3.05, 3.63) is 18.0 Å². The average molecular weight is 263 g/mol. The number of methoxy groups -OCH3 is 1. The number of hydrogen-bond donors (Lipinski definition) is 2. The SMILES string of the molecule is COCCNCCNC(=O)c1ccnn1C.Cl. The third-order valence-corrected chi connectivity index (χ3v) is 2.12. The van der Waals surface area contributed by atoms with Gasteiger partial charge in [-0.25, -0.2) is 0 Å². The number of nitrogens with one attached hydrogen (secondary N) is 2. The second-order valence-corrected chi connectivity index (χ2v) is 3.34. The van der Waals surface area contributed by atoms with Crippen molar-refractivity contribution in [2.45, 2.75) is 0 Å². The molecule has 0 aliphatic carbocycles. The molecule has 0 bridgehead atoms. The highest BCUT2D eigenvalue weighted by molar-refractivity contribution is 5.92. The van der Waals surface area contributed by atoms with E-state index in [0.717, 1.165) is 13.1 Å².